The van der Waals surface area contributed by atoms with Gasteiger partial charge in [-0.2, -0.15) is 0 Å². The van der Waals surface area contributed by atoms with Crippen LogP contribution in [0.15, 0.2) is 20.0 Å². The average molecular weight is 770 g/mol. The number of nitrogens with two attached hydrogens (primary N) is 11. The molecule has 0 aromatic rings. The lowest BCUT2D eigenvalue weighted by Crippen LogP contribution is -2.58. The highest BCUT2D eigenvalue weighted by Gasteiger charge is 2.31. The van der Waals surface area contributed by atoms with Crippen LogP contribution in [0.5, 0.6) is 0 Å². The minimum absolute atomic E-state index is 0.0130. The predicted octanol–water partition coefficient (Wildman–Crippen LogP) is -7.78. The molecule has 0 unspecified atom stereocenters. The van der Waals surface area contributed by atoms with E-state index in [1.165, 1.54) is 0 Å². The number of carbonyl (C=O) groups excluding carboxylic acids is 6. The Morgan fingerprint density at radius 3 is 1.04 bits per heavy atom. The van der Waals surface area contributed by atoms with E-state index in [9.17, 15) is 28.8 Å². The second-order valence-corrected chi connectivity index (χ2v) is 12.1. The highest BCUT2D eigenvalue weighted by atomic mass is 16.2. The zero-order valence-electron chi connectivity index (χ0n) is 30.4. The maximum atomic E-state index is 13.8. The van der Waals surface area contributed by atoms with Crippen LogP contribution in [0.3, 0.4) is 0 Å². The summed E-state index contributed by atoms with van der Waals surface area (Å²) in [6.07, 6.45) is 0.652. The summed E-state index contributed by atoms with van der Waals surface area (Å²) in [5.41, 5.74) is 59.7. The zero-order valence-corrected chi connectivity index (χ0v) is 30.4. The molecule has 0 rings (SSSR count). The number of aliphatic imine (C=N–C) groups is 4. The second kappa shape index (κ2) is 26.6. The molecule has 25 nitrogen and oxygen atoms in total. The van der Waals surface area contributed by atoms with E-state index in [0.29, 0.717) is 6.42 Å². The summed E-state index contributed by atoms with van der Waals surface area (Å²) in [5, 5.41) is 10.2. The number of amides is 6. The van der Waals surface area contributed by atoms with Gasteiger partial charge in [-0.3, -0.25) is 48.7 Å². The molecule has 0 heterocycles. The van der Waals surface area contributed by atoms with Gasteiger partial charge >= 0.3 is 0 Å². The van der Waals surface area contributed by atoms with E-state index in [1.54, 1.807) is 0 Å². The molecule has 0 aliphatic rings. The zero-order chi connectivity index (χ0) is 41.2. The van der Waals surface area contributed by atoms with Crippen LogP contribution < -0.4 is 84.3 Å². The Labute approximate surface area is 312 Å². The molecule has 26 N–H and O–H groups in total. The summed E-state index contributed by atoms with van der Waals surface area (Å²) in [7, 11) is 0. The van der Waals surface area contributed by atoms with E-state index >= 15 is 0 Å². The van der Waals surface area contributed by atoms with Crippen LogP contribution >= 0.6 is 0 Å². The fourth-order valence-electron chi connectivity index (χ4n) is 4.64. The van der Waals surface area contributed by atoms with E-state index in [-0.39, 0.29) is 108 Å². The molecule has 25 heteroatoms. The van der Waals surface area contributed by atoms with Crippen LogP contribution in [0, 0.1) is 0 Å². The molecular weight excluding hydrogens is 710 g/mol. The summed E-state index contributed by atoms with van der Waals surface area (Å²) in [6.45, 7) is 0.535. The van der Waals surface area contributed by atoms with Crippen molar-refractivity contribution < 1.29 is 28.8 Å². The molecule has 0 aliphatic heterocycles. The van der Waals surface area contributed by atoms with Crippen molar-refractivity contribution in [2.24, 2.45) is 83.0 Å². The molecule has 54 heavy (non-hydrogen) atoms. The van der Waals surface area contributed by atoms with Crippen molar-refractivity contribution in [3.8, 4) is 0 Å². The van der Waals surface area contributed by atoms with Gasteiger partial charge in [0.05, 0.1) is 6.04 Å². The van der Waals surface area contributed by atoms with Crippen molar-refractivity contribution in [1.29, 1.82) is 0 Å². The molecule has 0 aliphatic carbocycles. The Kier molecular flexibility index (Phi) is 23.6. The Bertz CT molecular complexity index is 1350. The molecule has 6 amide bonds. The fraction of sp³-hybridized carbons (Fsp3) is 0.655. The lowest BCUT2D eigenvalue weighted by molar-refractivity contribution is -0.135. The molecule has 5 atom stereocenters. The summed E-state index contributed by atoms with van der Waals surface area (Å²) in [5.74, 6) is -5.46. The van der Waals surface area contributed by atoms with Crippen LogP contribution in [-0.4, -0.2) is 116 Å². The minimum atomic E-state index is -1.35. The lowest BCUT2D eigenvalue weighted by atomic mass is 10.0. The third-order valence-corrected chi connectivity index (χ3v) is 7.38. The van der Waals surface area contributed by atoms with Gasteiger partial charge in [-0.05, 0) is 57.8 Å². The number of rotatable bonds is 28. The molecule has 0 aromatic heterocycles. The number of carbonyl (C=O) groups is 6. The number of hydrogen-bond acceptors (Lipinski definition) is 11. The first kappa shape index (κ1) is 47.9. The summed E-state index contributed by atoms with van der Waals surface area (Å²) in [4.78, 5) is 92.9. The second-order valence-electron chi connectivity index (χ2n) is 12.1. The minimum Gasteiger partial charge on any atom is -0.370 e. The normalized spacial score (nSPS) is 13.3. The van der Waals surface area contributed by atoms with Crippen molar-refractivity contribution in [3.63, 3.8) is 0 Å². The molecule has 306 valence electrons. The van der Waals surface area contributed by atoms with Gasteiger partial charge in [0.1, 0.15) is 24.2 Å². The maximum absolute atomic E-state index is 13.8. The first-order chi connectivity index (χ1) is 25.3. The van der Waals surface area contributed by atoms with Gasteiger partial charge in [0.2, 0.25) is 35.4 Å². The number of nitrogens with zero attached hydrogens (tertiary/aromatic N) is 4. The average Bonchev–Trinajstić information content (AvgIpc) is 3.07. The molecule has 0 saturated heterocycles. The van der Waals surface area contributed by atoms with Gasteiger partial charge < -0.3 is 84.3 Å². The molecule has 0 fully saturated rings. The number of primary amides is 2. The Morgan fingerprint density at radius 1 is 0.407 bits per heavy atom. The number of guanidine groups is 4. The van der Waals surface area contributed by atoms with Crippen LogP contribution in [0.1, 0.15) is 64.2 Å². The van der Waals surface area contributed by atoms with E-state index in [4.69, 9.17) is 63.1 Å². The Morgan fingerprint density at radius 2 is 0.704 bits per heavy atom. The third-order valence-electron chi connectivity index (χ3n) is 7.38. The molecule has 0 saturated carbocycles. The molecule has 0 aromatic carbocycles. The largest absolute Gasteiger partial charge is 0.370 e. The number of nitrogens with one attached hydrogen (secondary N) is 4. The van der Waals surface area contributed by atoms with Crippen molar-refractivity contribution in [2.75, 3.05) is 26.2 Å². The molecular formula is C29H59N19O6. The van der Waals surface area contributed by atoms with Crippen molar-refractivity contribution in [2.45, 2.75) is 94.4 Å². The fourth-order valence-corrected chi connectivity index (χ4v) is 4.64. The van der Waals surface area contributed by atoms with Crippen LogP contribution in [0.4, 0.5) is 0 Å². The monoisotopic (exact) mass is 769 g/mol. The van der Waals surface area contributed by atoms with Gasteiger partial charge in [-0.25, -0.2) is 0 Å². The van der Waals surface area contributed by atoms with E-state index in [2.05, 4.69) is 41.2 Å². The van der Waals surface area contributed by atoms with Crippen LogP contribution in [0.25, 0.3) is 0 Å². The Balaban J connectivity index is 6.25. The molecule has 0 spiro atoms. The van der Waals surface area contributed by atoms with Gasteiger partial charge in [0, 0.05) is 32.6 Å². The van der Waals surface area contributed by atoms with Crippen LogP contribution in [0.2, 0.25) is 0 Å². The highest BCUT2D eigenvalue weighted by Crippen LogP contribution is 2.08. The van der Waals surface area contributed by atoms with Crippen molar-refractivity contribution in [1.82, 2.24) is 21.3 Å². The lowest BCUT2D eigenvalue weighted by Gasteiger charge is -2.26. The highest BCUT2D eigenvalue weighted by molar-refractivity contribution is 5.96. The smallest absolute Gasteiger partial charge is 0.243 e. The maximum Gasteiger partial charge on any atom is 0.243 e. The van der Waals surface area contributed by atoms with Gasteiger partial charge in [0.15, 0.2) is 23.8 Å². The number of hydrogen-bond donors (Lipinski definition) is 15. The summed E-state index contributed by atoms with van der Waals surface area (Å²) < 4.78 is 0. The first-order valence-corrected chi connectivity index (χ1v) is 17.1. The molecule has 0 radical (unpaired) electrons. The Hall–Kier alpha value is -6.14. The quantitative estimate of drug-likeness (QED) is 0.0200. The van der Waals surface area contributed by atoms with Gasteiger partial charge in [-0.15, -0.1) is 0 Å². The van der Waals surface area contributed by atoms with Crippen molar-refractivity contribution in [3.05, 3.63) is 0 Å². The topological polar surface area (TPSA) is 486 Å². The van der Waals surface area contributed by atoms with E-state index < -0.39 is 65.7 Å². The van der Waals surface area contributed by atoms with E-state index in [0.717, 1.165) is 0 Å². The van der Waals surface area contributed by atoms with Gasteiger partial charge in [0.25, 0.3) is 0 Å². The summed E-state index contributed by atoms with van der Waals surface area (Å²) >= 11 is 0. The van der Waals surface area contributed by atoms with Crippen molar-refractivity contribution >= 4 is 59.3 Å². The first-order valence-electron chi connectivity index (χ1n) is 17.1. The third kappa shape index (κ3) is 23.4. The van der Waals surface area contributed by atoms with Gasteiger partial charge in [-0.1, -0.05) is 0 Å². The molecule has 0 bridgehead atoms. The van der Waals surface area contributed by atoms with Crippen LogP contribution in [-0.2, 0) is 28.8 Å². The SMILES string of the molecule is NC(=O)CC[C@H](NC(=O)[C@@H](N)CCCN=C(N)N)C(=O)N[C@@H](CCCN=C(N)N)C(=O)N[C@@H](CCCN=C(N)N)C(=O)N[C@@H](CCCN=C(N)N)C(N)=O. The predicted molar refractivity (Wildman–Crippen MR) is 203 cm³/mol. The standard InChI is InChI=1S/C29H59N19O6/c30-15(5-1-11-41-26(33)34)22(51)46-19(9-10-20(31)49)25(54)48-18(8-4-14-44-29(39)40)24(53)47-17(7-3-13-43-28(37)38)23(52)45-16(21(32)50)6-2-12-42-27(35)36/h15-19H,1-14,30H2,(H2,31,49)(H2,32,50)(H,45,52)(H,46,51)(H,47,53)(H,48,54)(H4,33,34,41)(H4,35,36,42)(H4,37,38,43)(H4,39,40,44)/t15-,16-,17-,18-,19-/m0/s1. The summed E-state index contributed by atoms with van der Waals surface area (Å²) in [6, 6.07) is -6.17. The van der Waals surface area contributed by atoms with E-state index in [1.807, 2.05) is 0 Å².